The smallest absolute Gasteiger partial charge is 0.326 e. The van der Waals surface area contributed by atoms with Crippen molar-refractivity contribution in [1.29, 1.82) is 0 Å². The predicted octanol–water partition coefficient (Wildman–Crippen LogP) is 0.956. The van der Waals surface area contributed by atoms with Crippen LogP contribution in [0.1, 0.15) is 69.1 Å². The van der Waals surface area contributed by atoms with Gasteiger partial charge in [-0.25, -0.2) is 4.79 Å². The van der Waals surface area contributed by atoms with Crippen molar-refractivity contribution in [2.45, 2.75) is 108 Å². The van der Waals surface area contributed by atoms with E-state index in [0.717, 1.165) is 0 Å². The molecule has 19 nitrogen and oxygen atoms in total. The number of anilines is 1. The van der Waals surface area contributed by atoms with Gasteiger partial charge in [-0.1, -0.05) is 56.7 Å². The molecule has 0 unspecified atom stereocenters. The number of benzene rings is 3. The number of carboxylic acids is 1. The average molecular weight is 933 g/mol. The van der Waals surface area contributed by atoms with Crippen molar-refractivity contribution in [3.63, 3.8) is 0 Å². The highest BCUT2D eigenvalue weighted by atomic mass is 32.1. The summed E-state index contributed by atoms with van der Waals surface area (Å²) >= 11 is 4.24. The predicted molar refractivity (Wildman–Crippen MR) is 247 cm³/mol. The van der Waals surface area contributed by atoms with Crippen LogP contribution in [0.2, 0.25) is 0 Å². The van der Waals surface area contributed by atoms with Crippen LogP contribution in [0.15, 0.2) is 72.8 Å². The van der Waals surface area contributed by atoms with Crippen LogP contribution < -0.4 is 43.0 Å². The molecule has 2 aliphatic heterocycles. The molecular weight excluding hydrogens is 873 g/mol. The van der Waals surface area contributed by atoms with Crippen LogP contribution in [0.3, 0.4) is 0 Å². The molecule has 2 bridgehead atoms. The maximum Gasteiger partial charge on any atom is 0.326 e. The van der Waals surface area contributed by atoms with Gasteiger partial charge in [-0.15, -0.1) is 0 Å². The van der Waals surface area contributed by atoms with Gasteiger partial charge in [0.2, 0.25) is 41.4 Å². The highest BCUT2D eigenvalue weighted by molar-refractivity contribution is 7.80. The first-order chi connectivity index (χ1) is 31.5. The van der Waals surface area contributed by atoms with Gasteiger partial charge in [0.05, 0.1) is 0 Å². The van der Waals surface area contributed by atoms with E-state index >= 15 is 0 Å². The van der Waals surface area contributed by atoms with Crippen molar-refractivity contribution in [2.24, 2.45) is 11.7 Å². The van der Waals surface area contributed by atoms with Crippen LogP contribution in [0.25, 0.3) is 0 Å². The second-order valence-electron chi connectivity index (χ2n) is 16.2. The minimum atomic E-state index is -1.46. The normalized spacial score (nSPS) is 21.4. The molecular formula is C46H60N8O11S. The molecule has 5 rings (SSSR count). The summed E-state index contributed by atoms with van der Waals surface area (Å²) < 4.78 is 0. The first-order valence-electron chi connectivity index (χ1n) is 21.8. The summed E-state index contributed by atoms with van der Waals surface area (Å²) in [6.07, 6.45) is 0.247. The molecule has 2 heterocycles. The molecule has 0 aromatic heterocycles. The highest BCUT2D eigenvalue weighted by Crippen LogP contribution is 2.17. The lowest BCUT2D eigenvalue weighted by Crippen LogP contribution is -2.61. The molecule has 0 fully saturated rings. The Kier molecular flexibility index (Phi) is 20.3. The highest BCUT2D eigenvalue weighted by Gasteiger charge is 2.35. The fourth-order valence-electron chi connectivity index (χ4n) is 7.02. The zero-order chi connectivity index (χ0) is 48.3. The number of carboxylic acid groups (broad SMARTS) is 1. The second-order valence-corrected chi connectivity index (χ2v) is 16.6. The van der Waals surface area contributed by atoms with Crippen LogP contribution in [0.5, 0.6) is 11.5 Å². The number of carbonyl (C=O) groups is 8. The lowest BCUT2D eigenvalue weighted by molar-refractivity contribution is -0.142. The first-order valence-corrected chi connectivity index (χ1v) is 22.4. The van der Waals surface area contributed by atoms with Gasteiger partial charge < -0.3 is 58.3 Å². The van der Waals surface area contributed by atoms with E-state index in [9.17, 15) is 53.7 Å². The number of amides is 7. The maximum atomic E-state index is 14.4. The fourth-order valence-corrected chi connectivity index (χ4v) is 7.28. The zero-order valence-corrected chi connectivity index (χ0v) is 37.8. The summed E-state index contributed by atoms with van der Waals surface area (Å²) in [5, 5.41) is 48.4. The van der Waals surface area contributed by atoms with Gasteiger partial charge in [-0.05, 0) is 84.8 Å². The Labute approximate surface area is 388 Å². The molecule has 2 aliphatic rings. The van der Waals surface area contributed by atoms with Crippen LogP contribution in [-0.2, 0) is 57.6 Å². The topological polar surface area (TPSA) is 307 Å². The average Bonchev–Trinajstić information content (AvgIpc) is 3.29. The molecule has 20 heteroatoms. The Morgan fingerprint density at radius 1 is 0.727 bits per heavy atom. The van der Waals surface area contributed by atoms with Crippen LogP contribution in [0.4, 0.5) is 5.69 Å². The molecule has 0 aliphatic carbocycles. The molecule has 0 saturated carbocycles. The molecule has 356 valence electrons. The number of phenols is 2. The van der Waals surface area contributed by atoms with E-state index in [1.165, 1.54) is 36.4 Å². The minimum Gasteiger partial charge on any atom is -0.508 e. The van der Waals surface area contributed by atoms with Crippen LogP contribution in [0, 0.1) is 5.92 Å². The Balaban J connectivity index is 1.75. The van der Waals surface area contributed by atoms with E-state index in [1.54, 1.807) is 50.2 Å². The van der Waals surface area contributed by atoms with Crippen molar-refractivity contribution in [3.8, 4) is 11.5 Å². The Morgan fingerprint density at radius 3 is 1.89 bits per heavy atom. The summed E-state index contributed by atoms with van der Waals surface area (Å²) in [6, 6.07) is 9.96. The molecule has 0 saturated heterocycles. The molecule has 3 aromatic rings. The number of thiol groups is 1. The number of unbranched alkanes of at least 4 members (excludes halogenated alkanes) is 1. The van der Waals surface area contributed by atoms with Gasteiger partial charge in [0, 0.05) is 43.5 Å². The maximum absolute atomic E-state index is 14.4. The number of hydrogen-bond donors (Lipinski definition) is 12. The largest absolute Gasteiger partial charge is 0.508 e. The van der Waals surface area contributed by atoms with E-state index in [2.05, 4.69) is 49.8 Å². The lowest BCUT2D eigenvalue weighted by atomic mass is 9.96. The van der Waals surface area contributed by atoms with Crippen LogP contribution >= 0.6 is 12.6 Å². The van der Waals surface area contributed by atoms with Crippen molar-refractivity contribution in [1.82, 2.24) is 31.9 Å². The fraction of sp³-hybridized carbons (Fsp3) is 0.435. The number of aliphatic carboxylic acids is 1. The van der Waals surface area contributed by atoms with E-state index < -0.39 is 89.5 Å². The first kappa shape index (κ1) is 52.0. The number of carbonyl (C=O) groups excluding carboxylic acids is 7. The third-order valence-electron chi connectivity index (χ3n) is 11.1. The number of nitrogens with two attached hydrogens (primary N) is 1. The summed E-state index contributed by atoms with van der Waals surface area (Å²) in [5.74, 6) is -7.18. The quantitative estimate of drug-likeness (QED) is 0.0612. The number of fused-ring (bicyclic) bond motifs is 21. The van der Waals surface area contributed by atoms with Gasteiger partial charge >= 0.3 is 5.97 Å². The Hall–Kier alpha value is -6.67. The van der Waals surface area contributed by atoms with Gasteiger partial charge in [-0.2, -0.15) is 12.6 Å². The summed E-state index contributed by atoms with van der Waals surface area (Å²) in [4.78, 5) is 109. The van der Waals surface area contributed by atoms with E-state index in [1.807, 2.05) is 0 Å². The molecule has 12 N–H and O–H groups in total. The standard InChI is InChI=1S/C46H60N8O11S/c1-3-26(2)40-45(63)52-35(23-28-9-15-31(55)16-10-28)42(60)50-33(6-4-5-21-47)41(59)51-34(43(61)53-36(46(64)65)24-29-11-17-32(56)18-12-29)22-27-7-13-30(14-8-27)48-38(57)19-20-39(58)49-37(25-66)44(62)54-40/h7-18,26,33-37,40,55-56,66H,3-6,19-25,47H2,1-2H3,(H,48,57)(H,49,58)(H,50,60)(H,51,59)(H,52,63)(H,53,61)(H,54,62)(H,64,65)/t26-,33-,34-,35-,36-,37-,40-/m0/s1. The second kappa shape index (κ2) is 25.7. The number of nitrogens with one attached hydrogen (secondary N) is 7. The Morgan fingerprint density at radius 2 is 1.30 bits per heavy atom. The molecule has 7 amide bonds. The van der Waals surface area contributed by atoms with Gasteiger partial charge in [0.25, 0.3) is 0 Å². The molecule has 66 heavy (non-hydrogen) atoms. The Bertz CT molecular complexity index is 2160. The third kappa shape index (κ3) is 16.4. The van der Waals surface area contributed by atoms with Crippen LogP contribution in [-0.4, -0.2) is 111 Å². The third-order valence-corrected chi connectivity index (χ3v) is 11.5. The summed E-state index contributed by atoms with van der Waals surface area (Å²) in [7, 11) is 0. The monoisotopic (exact) mass is 932 g/mol. The number of rotatable bonds is 14. The van der Waals surface area contributed by atoms with Gasteiger partial charge in [0.1, 0.15) is 47.8 Å². The summed E-state index contributed by atoms with van der Waals surface area (Å²) in [6.45, 7) is 3.77. The van der Waals surface area contributed by atoms with Crippen molar-refractivity contribution < 1.29 is 53.7 Å². The molecule has 0 spiro atoms. The van der Waals surface area contributed by atoms with Gasteiger partial charge in [0.15, 0.2) is 0 Å². The number of aromatic hydroxyl groups is 2. The number of hydrogen-bond acceptors (Lipinski definition) is 12. The molecule has 7 atom stereocenters. The molecule has 3 aromatic carbocycles. The van der Waals surface area contributed by atoms with Gasteiger partial charge in [-0.3, -0.25) is 33.6 Å². The molecule has 0 radical (unpaired) electrons. The SMILES string of the molecule is CC[C@H](C)[C@@H]1NC(=O)[C@H](CS)NC(=O)CCC(=O)Nc2ccc(cc2)C[C@@H](C(=O)N[C@@H](Cc2ccc(O)cc2)C(=O)O)NC(=O)[C@H](CCCCN)NC(=O)[C@H](Cc2ccc(O)cc2)NC1=O. The minimum absolute atomic E-state index is 0.0380. The van der Waals surface area contributed by atoms with E-state index in [4.69, 9.17) is 5.73 Å². The van der Waals surface area contributed by atoms with Crippen molar-refractivity contribution >= 4 is 65.6 Å². The van der Waals surface area contributed by atoms with Crippen molar-refractivity contribution in [2.75, 3.05) is 17.6 Å². The van der Waals surface area contributed by atoms with Crippen molar-refractivity contribution in [3.05, 3.63) is 89.5 Å². The summed E-state index contributed by atoms with van der Waals surface area (Å²) in [5.41, 5.74) is 7.62. The zero-order valence-electron chi connectivity index (χ0n) is 36.9. The van der Waals surface area contributed by atoms with E-state index in [0.29, 0.717) is 41.6 Å². The van der Waals surface area contributed by atoms with E-state index in [-0.39, 0.29) is 62.3 Å². The lowest BCUT2D eigenvalue weighted by Gasteiger charge is -2.29. The number of phenolic OH excluding ortho intramolecular Hbond substituents is 2.